The van der Waals surface area contributed by atoms with Gasteiger partial charge in [-0.1, -0.05) is 18.2 Å². The van der Waals surface area contributed by atoms with E-state index in [0.29, 0.717) is 11.4 Å². The molecule has 2 atom stereocenters. The molecule has 1 heterocycles. The summed E-state index contributed by atoms with van der Waals surface area (Å²) in [4.78, 5) is 16.4. The van der Waals surface area contributed by atoms with Crippen LogP contribution in [0, 0.1) is 5.82 Å². The molecular weight excluding hydrogens is 358 g/mol. The summed E-state index contributed by atoms with van der Waals surface area (Å²) in [6.07, 6.45) is 3.31. The zero-order valence-electron chi connectivity index (χ0n) is 13.3. The van der Waals surface area contributed by atoms with Crippen molar-refractivity contribution < 1.29 is 13.9 Å². The zero-order chi connectivity index (χ0) is 16.1. The predicted molar refractivity (Wildman–Crippen MR) is 93.9 cm³/mol. The van der Waals surface area contributed by atoms with Gasteiger partial charge in [0.05, 0.1) is 6.61 Å². The largest absolute Gasteiger partial charge is 0.383 e. The van der Waals surface area contributed by atoms with Gasteiger partial charge >= 0.3 is 0 Å². The van der Waals surface area contributed by atoms with Gasteiger partial charge in [0, 0.05) is 32.1 Å². The van der Waals surface area contributed by atoms with Crippen molar-refractivity contribution >= 4 is 30.7 Å². The maximum Gasteiger partial charge on any atom is 0.240 e. The smallest absolute Gasteiger partial charge is 0.240 e. The lowest BCUT2D eigenvalue weighted by Gasteiger charge is -2.21. The van der Waals surface area contributed by atoms with Crippen LogP contribution >= 0.6 is 24.8 Å². The Kier molecular flexibility index (Phi) is 9.53. The summed E-state index contributed by atoms with van der Waals surface area (Å²) in [6.45, 7) is 0.0798. The summed E-state index contributed by atoms with van der Waals surface area (Å²) < 4.78 is 20.7. The minimum absolute atomic E-state index is 0. The molecule has 0 spiro atoms. The quantitative estimate of drug-likeness (QED) is 0.799. The zero-order valence-corrected chi connectivity index (χ0v) is 14.9. The van der Waals surface area contributed by atoms with Gasteiger partial charge < -0.3 is 20.4 Å². The van der Waals surface area contributed by atoms with Crippen LogP contribution in [-0.4, -0.2) is 35.2 Å². The summed E-state index contributed by atoms with van der Waals surface area (Å²) in [5.41, 5.74) is 6.05. The Balaban J connectivity index is 0.00000264. The number of nitrogens with zero attached hydrogens (tertiary/aromatic N) is 2. The Labute approximate surface area is 152 Å². The summed E-state index contributed by atoms with van der Waals surface area (Å²) in [6, 6.07) is 4.68. The molecule has 1 aromatic heterocycles. The fourth-order valence-electron chi connectivity index (χ4n) is 2.15. The van der Waals surface area contributed by atoms with E-state index >= 15 is 0 Å². The maximum atomic E-state index is 14.1. The molecule has 2 unspecified atom stereocenters. The van der Waals surface area contributed by atoms with Crippen molar-refractivity contribution in [3.63, 3.8) is 0 Å². The van der Waals surface area contributed by atoms with Crippen LogP contribution in [-0.2, 0) is 16.6 Å². The summed E-state index contributed by atoms with van der Waals surface area (Å²) in [5, 5.41) is 2.73. The monoisotopic (exact) mass is 378 g/mol. The first kappa shape index (κ1) is 22.3. The lowest BCUT2D eigenvalue weighted by atomic mass is 10.0. The van der Waals surface area contributed by atoms with Gasteiger partial charge in [-0.05, 0) is 6.07 Å². The third-order valence-corrected chi connectivity index (χ3v) is 3.30. The molecule has 1 amide bonds. The fraction of sp³-hybridized carbons (Fsp3) is 0.333. The van der Waals surface area contributed by atoms with Crippen LogP contribution in [0.1, 0.15) is 17.4 Å². The molecule has 2 aromatic rings. The van der Waals surface area contributed by atoms with Crippen molar-refractivity contribution in [3.8, 4) is 0 Å². The number of ether oxygens (including phenoxy) is 1. The van der Waals surface area contributed by atoms with E-state index in [2.05, 4.69) is 10.3 Å². The number of nitrogens with one attached hydrogen (secondary N) is 1. The molecule has 6 nitrogen and oxygen atoms in total. The van der Waals surface area contributed by atoms with Crippen LogP contribution in [0.5, 0.6) is 0 Å². The highest BCUT2D eigenvalue weighted by Crippen LogP contribution is 2.23. The fourth-order valence-corrected chi connectivity index (χ4v) is 2.15. The number of carbonyl (C=O) groups excluding carboxylic acids is 1. The van der Waals surface area contributed by atoms with Crippen LogP contribution in [0.2, 0.25) is 0 Å². The van der Waals surface area contributed by atoms with Crippen LogP contribution < -0.4 is 11.1 Å². The highest BCUT2D eigenvalue weighted by atomic mass is 35.5. The maximum absolute atomic E-state index is 14.1. The van der Waals surface area contributed by atoms with Gasteiger partial charge in [-0.3, -0.25) is 4.79 Å². The number of nitrogens with two attached hydrogens (primary N) is 1. The van der Waals surface area contributed by atoms with Crippen LogP contribution in [0.25, 0.3) is 0 Å². The molecule has 3 N–H and O–H groups in total. The number of benzene rings is 1. The third-order valence-electron chi connectivity index (χ3n) is 3.30. The van der Waals surface area contributed by atoms with Gasteiger partial charge in [0.2, 0.25) is 5.91 Å². The summed E-state index contributed by atoms with van der Waals surface area (Å²) in [7, 11) is 3.23. The van der Waals surface area contributed by atoms with Gasteiger partial charge in [-0.15, -0.1) is 24.8 Å². The number of amides is 1. The number of hydrogen-bond acceptors (Lipinski definition) is 4. The minimum atomic E-state index is -0.834. The van der Waals surface area contributed by atoms with E-state index in [-0.39, 0.29) is 31.4 Å². The van der Waals surface area contributed by atoms with Crippen molar-refractivity contribution in [2.24, 2.45) is 12.8 Å². The molecule has 0 aliphatic carbocycles. The van der Waals surface area contributed by atoms with Gasteiger partial charge in [0.25, 0.3) is 0 Å². The highest BCUT2D eigenvalue weighted by Gasteiger charge is 2.25. The number of halogens is 3. The molecule has 0 saturated heterocycles. The molecule has 0 fully saturated rings. The Morgan fingerprint density at radius 2 is 2.08 bits per heavy atom. The summed E-state index contributed by atoms with van der Waals surface area (Å²) in [5.74, 6) is -0.336. The minimum Gasteiger partial charge on any atom is -0.383 e. The van der Waals surface area contributed by atoms with E-state index in [1.54, 1.807) is 42.2 Å². The molecule has 0 saturated carbocycles. The third kappa shape index (κ3) is 5.17. The number of carbonyl (C=O) groups is 1. The summed E-state index contributed by atoms with van der Waals surface area (Å²) >= 11 is 0. The number of aromatic nitrogens is 2. The first-order valence-electron chi connectivity index (χ1n) is 6.81. The van der Waals surface area contributed by atoms with E-state index in [4.69, 9.17) is 10.5 Å². The predicted octanol–water partition coefficient (Wildman–Crippen LogP) is 1.58. The normalized spacial score (nSPS) is 12.5. The number of imidazole rings is 1. The van der Waals surface area contributed by atoms with E-state index in [1.807, 2.05) is 0 Å². The molecule has 134 valence electrons. The standard InChI is InChI=1S/C15H19FN4O2.2ClH/c1-20-8-7-18-14(20)13(10-5-3-4-6-11(10)16)19-15(21)12(17)9-22-2;;/h3-8,12-13H,9,17H2,1-2H3,(H,19,21);2*1H. The highest BCUT2D eigenvalue weighted by molar-refractivity contribution is 5.85. The molecular formula is C15H21Cl2FN4O2. The van der Waals surface area contributed by atoms with Gasteiger partial charge in [0.15, 0.2) is 0 Å². The average Bonchev–Trinajstić information content (AvgIpc) is 2.91. The average molecular weight is 379 g/mol. The lowest BCUT2D eigenvalue weighted by Crippen LogP contribution is -2.45. The first-order valence-corrected chi connectivity index (χ1v) is 6.81. The lowest BCUT2D eigenvalue weighted by molar-refractivity contribution is -0.124. The van der Waals surface area contributed by atoms with Crippen LogP contribution in [0.4, 0.5) is 4.39 Å². The van der Waals surface area contributed by atoms with Crippen molar-refractivity contribution in [2.75, 3.05) is 13.7 Å². The first-order chi connectivity index (χ1) is 10.5. The molecule has 0 radical (unpaired) electrons. The Morgan fingerprint density at radius 1 is 1.42 bits per heavy atom. The molecule has 1 aromatic carbocycles. The number of aryl methyl sites for hydroxylation is 1. The number of methoxy groups -OCH3 is 1. The van der Waals surface area contributed by atoms with Crippen molar-refractivity contribution in [1.82, 2.24) is 14.9 Å². The Hall–Kier alpha value is -1.67. The molecule has 0 bridgehead atoms. The topological polar surface area (TPSA) is 82.2 Å². The SMILES string of the molecule is COCC(N)C(=O)NC(c1ccccc1F)c1nccn1C.Cl.Cl. The van der Waals surface area contributed by atoms with E-state index in [0.717, 1.165) is 0 Å². The molecule has 0 aliphatic heterocycles. The molecule has 24 heavy (non-hydrogen) atoms. The van der Waals surface area contributed by atoms with Gasteiger partial charge in [0.1, 0.15) is 23.7 Å². The van der Waals surface area contributed by atoms with Crippen molar-refractivity contribution in [2.45, 2.75) is 12.1 Å². The van der Waals surface area contributed by atoms with Gasteiger partial charge in [-0.25, -0.2) is 9.37 Å². The molecule has 0 aliphatic rings. The van der Waals surface area contributed by atoms with Crippen molar-refractivity contribution in [1.29, 1.82) is 0 Å². The Morgan fingerprint density at radius 3 is 2.62 bits per heavy atom. The number of rotatable bonds is 6. The van der Waals surface area contributed by atoms with Crippen LogP contribution in [0.3, 0.4) is 0 Å². The molecule has 2 rings (SSSR count). The van der Waals surface area contributed by atoms with E-state index < -0.39 is 23.8 Å². The van der Waals surface area contributed by atoms with E-state index in [9.17, 15) is 9.18 Å². The number of hydrogen-bond donors (Lipinski definition) is 2. The molecule has 9 heteroatoms. The van der Waals surface area contributed by atoms with E-state index in [1.165, 1.54) is 13.2 Å². The second kappa shape index (κ2) is 10.2. The second-order valence-electron chi connectivity index (χ2n) is 4.92. The van der Waals surface area contributed by atoms with Gasteiger partial charge in [-0.2, -0.15) is 0 Å². The Bertz CT molecular complexity index is 654. The van der Waals surface area contributed by atoms with Crippen LogP contribution in [0.15, 0.2) is 36.7 Å². The van der Waals surface area contributed by atoms with Crippen molar-refractivity contribution in [3.05, 3.63) is 53.9 Å². The second-order valence-corrected chi connectivity index (χ2v) is 4.92.